The van der Waals surface area contributed by atoms with Crippen LogP contribution >= 0.6 is 24.8 Å². The SMILES string of the molecule is C[C@@H]1[C@H]2Cc3ccc(N)cc3[C@]1(C)CCN2.Cl.Cl.O. The lowest BCUT2D eigenvalue weighted by molar-refractivity contribution is 0.158. The second-order valence-electron chi connectivity index (χ2n) is 5.64. The maximum absolute atomic E-state index is 5.94. The normalized spacial score (nSPS) is 31.1. The van der Waals surface area contributed by atoms with Gasteiger partial charge in [0.15, 0.2) is 0 Å². The molecule has 110 valence electrons. The second-order valence-corrected chi connectivity index (χ2v) is 5.64. The van der Waals surface area contributed by atoms with Gasteiger partial charge in [0, 0.05) is 11.7 Å². The van der Waals surface area contributed by atoms with Gasteiger partial charge in [-0.2, -0.15) is 0 Å². The van der Waals surface area contributed by atoms with Crippen molar-refractivity contribution in [2.45, 2.75) is 38.1 Å². The van der Waals surface area contributed by atoms with Crippen LogP contribution in [0.2, 0.25) is 0 Å². The summed E-state index contributed by atoms with van der Waals surface area (Å²) in [7, 11) is 0. The van der Waals surface area contributed by atoms with Crippen molar-refractivity contribution in [2.24, 2.45) is 5.92 Å². The minimum Gasteiger partial charge on any atom is -0.412 e. The predicted octanol–water partition coefficient (Wildman–Crippen LogP) is 2.10. The van der Waals surface area contributed by atoms with Crippen LogP contribution in [-0.4, -0.2) is 18.1 Å². The zero-order valence-electron chi connectivity index (χ0n) is 11.4. The highest BCUT2D eigenvalue weighted by molar-refractivity contribution is 5.85. The lowest BCUT2D eigenvalue weighted by atomic mass is 9.59. The molecule has 1 aromatic carbocycles. The minimum absolute atomic E-state index is 0. The first-order valence-electron chi connectivity index (χ1n) is 6.23. The van der Waals surface area contributed by atoms with Crippen molar-refractivity contribution in [3.63, 3.8) is 0 Å². The topological polar surface area (TPSA) is 69.5 Å². The van der Waals surface area contributed by atoms with Gasteiger partial charge in [0.1, 0.15) is 0 Å². The van der Waals surface area contributed by atoms with Crippen molar-refractivity contribution >= 4 is 30.5 Å². The third-order valence-electron chi connectivity index (χ3n) is 4.85. The van der Waals surface area contributed by atoms with Crippen molar-refractivity contribution in [3.8, 4) is 0 Å². The van der Waals surface area contributed by atoms with Crippen LogP contribution in [0.25, 0.3) is 0 Å². The summed E-state index contributed by atoms with van der Waals surface area (Å²) in [4.78, 5) is 0. The van der Waals surface area contributed by atoms with Gasteiger partial charge in [-0.05, 0) is 54.0 Å². The molecule has 3 rings (SSSR count). The van der Waals surface area contributed by atoms with Crippen LogP contribution < -0.4 is 11.1 Å². The van der Waals surface area contributed by atoms with Crippen molar-refractivity contribution in [3.05, 3.63) is 29.3 Å². The van der Waals surface area contributed by atoms with Gasteiger partial charge >= 0.3 is 0 Å². The smallest absolute Gasteiger partial charge is 0.0317 e. The van der Waals surface area contributed by atoms with Gasteiger partial charge in [-0.25, -0.2) is 0 Å². The van der Waals surface area contributed by atoms with Gasteiger partial charge < -0.3 is 16.5 Å². The largest absolute Gasteiger partial charge is 0.412 e. The molecule has 0 radical (unpaired) electrons. The Morgan fingerprint density at radius 3 is 2.68 bits per heavy atom. The number of rotatable bonds is 0. The van der Waals surface area contributed by atoms with Crippen molar-refractivity contribution in [1.29, 1.82) is 0 Å². The number of benzene rings is 1. The molecule has 1 saturated heterocycles. The zero-order valence-corrected chi connectivity index (χ0v) is 13.0. The van der Waals surface area contributed by atoms with Crippen LogP contribution in [0.4, 0.5) is 5.69 Å². The van der Waals surface area contributed by atoms with Gasteiger partial charge in [0.05, 0.1) is 0 Å². The number of nitrogen functional groups attached to an aromatic ring is 1. The third-order valence-corrected chi connectivity index (χ3v) is 4.85. The summed E-state index contributed by atoms with van der Waals surface area (Å²) in [5.74, 6) is 0.704. The summed E-state index contributed by atoms with van der Waals surface area (Å²) < 4.78 is 0. The lowest BCUT2D eigenvalue weighted by Crippen LogP contribution is -2.56. The summed E-state index contributed by atoms with van der Waals surface area (Å²) in [6.07, 6.45) is 2.38. The molecule has 5 N–H and O–H groups in total. The van der Waals surface area contributed by atoms with E-state index in [0.29, 0.717) is 17.4 Å². The average Bonchev–Trinajstić information content (AvgIpc) is 2.25. The summed E-state index contributed by atoms with van der Waals surface area (Å²) in [6.45, 7) is 5.92. The van der Waals surface area contributed by atoms with Gasteiger partial charge in [-0.1, -0.05) is 19.9 Å². The van der Waals surface area contributed by atoms with Gasteiger partial charge in [0.25, 0.3) is 0 Å². The van der Waals surface area contributed by atoms with E-state index < -0.39 is 0 Å². The standard InChI is InChI=1S/C14H20N2.2ClH.H2O/c1-9-13-7-10-3-4-11(15)8-12(10)14(9,2)5-6-16-13;;;/h3-4,8-9,13,16H,5-7,15H2,1-2H3;2*1H;1H2/t9-,13-,14-;;;/m1.../s1. The first kappa shape index (κ1) is 18.5. The van der Waals surface area contributed by atoms with Crippen LogP contribution in [0, 0.1) is 5.92 Å². The fourth-order valence-corrected chi connectivity index (χ4v) is 3.54. The molecule has 3 nitrogen and oxygen atoms in total. The Labute approximate surface area is 127 Å². The molecular formula is C14H24Cl2N2O. The maximum Gasteiger partial charge on any atom is 0.0317 e. The summed E-state index contributed by atoms with van der Waals surface area (Å²) >= 11 is 0. The van der Waals surface area contributed by atoms with E-state index in [1.165, 1.54) is 17.5 Å². The number of piperidine rings is 1. The van der Waals surface area contributed by atoms with Crippen molar-refractivity contribution in [2.75, 3.05) is 12.3 Å². The molecule has 0 aromatic heterocycles. The van der Waals surface area contributed by atoms with Crippen LogP contribution in [0.3, 0.4) is 0 Å². The van der Waals surface area contributed by atoms with E-state index in [4.69, 9.17) is 5.73 Å². The average molecular weight is 307 g/mol. The van der Waals surface area contributed by atoms with Gasteiger partial charge in [-0.15, -0.1) is 24.8 Å². The highest BCUT2D eigenvalue weighted by Gasteiger charge is 2.45. The third kappa shape index (κ3) is 2.70. The van der Waals surface area contributed by atoms with Crippen LogP contribution in [0.15, 0.2) is 18.2 Å². The van der Waals surface area contributed by atoms with E-state index in [9.17, 15) is 0 Å². The molecule has 0 saturated carbocycles. The zero-order chi connectivity index (χ0) is 11.3. The Bertz CT molecular complexity index is 441. The maximum atomic E-state index is 5.94. The minimum atomic E-state index is 0. The molecule has 0 spiro atoms. The molecule has 2 bridgehead atoms. The molecule has 1 heterocycles. The number of hydrogen-bond acceptors (Lipinski definition) is 2. The van der Waals surface area contributed by atoms with E-state index in [1.807, 2.05) is 6.07 Å². The van der Waals surface area contributed by atoms with E-state index in [-0.39, 0.29) is 30.3 Å². The van der Waals surface area contributed by atoms with Crippen LogP contribution in [0.1, 0.15) is 31.4 Å². The molecule has 1 aliphatic heterocycles. The second kappa shape index (κ2) is 6.31. The first-order chi connectivity index (χ1) is 7.61. The summed E-state index contributed by atoms with van der Waals surface area (Å²) in [5, 5.41) is 3.65. The molecule has 0 amide bonds. The van der Waals surface area contributed by atoms with E-state index in [1.54, 1.807) is 0 Å². The molecular weight excluding hydrogens is 283 g/mol. The fourth-order valence-electron chi connectivity index (χ4n) is 3.54. The van der Waals surface area contributed by atoms with E-state index >= 15 is 0 Å². The first-order valence-corrected chi connectivity index (χ1v) is 6.23. The van der Waals surface area contributed by atoms with E-state index in [0.717, 1.165) is 18.7 Å². The molecule has 2 aliphatic rings. The Hall–Kier alpha value is -0.480. The number of nitrogens with one attached hydrogen (secondary N) is 1. The molecule has 5 heteroatoms. The Kier molecular flexibility index (Phi) is 6.15. The molecule has 1 fully saturated rings. The number of fused-ring (bicyclic) bond motifs is 4. The van der Waals surface area contributed by atoms with Crippen LogP contribution in [0.5, 0.6) is 0 Å². The molecule has 1 aromatic rings. The molecule has 19 heavy (non-hydrogen) atoms. The van der Waals surface area contributed by atoms with E-state index in [2.05, 4.69) is 31.3 Å². The van der Waals surface area contributed by atoms with Crippen molar-refractivity contribution in [1.82, 2.24) is 5.32 Å². The van der Waals surface area contributed by atoms with Gasteiger partial charge in [0.2, 0.25) is 0 Å². The highest BCUT2D eigenvalue weighted by atomic mass is 35.5. The fraction of sp³-hybridized carbons (Fsp3) is 0.571. The molecule has 3 atom stereocenters. The Morgan fingerprint density at radius 1 is 1.32 bits per heavy atom. The number of anilines is 1. The highest BCUT2D eigenvalue weighted by Crippen LogP contribution is 2.46. The number of nitrogens with two attached hydrogens (primary N) is 1. The van der Waals surface area contributed by atoms with Crippen molar-refractivity contribution < 1.29 is 5.48 Å². The summed E-state index contributed by atoms with van der Waals surface area (Å²) in [6, 6.07) is 7.10. The number of hydrogen-bond donors (Lipinski definition) is 2. The predicted molar refractivity (Wildman–Crippen MR) is 85.6 cm³/mol. The molecule has 0 unspecified atom stereocenters. The summed E-state index contributed by atoms with van der Waals surface area (Å²) in [5.41, 5.74) is 10.2. The molecule has 1 aliphatic carbocycles. The Balaban J connectivity index is 0.00000108. The number of halogens is 2. The van der Waals surface area contributed by atoms with Gasteiger partial charge in [-0.3, -0.25) is 0 Å². The monoisotopic (exact) mass is 306 g/mol. The van der Waals surface area contributed by atoms with Crippen LogP contribution in [-0.2, 0) is 11.8 Å². The lowest BCUT2D eigenvalue weighted by Gasteiger charge is -2.50. The quantitative estimate of drug-likeness (QED) is 0.721. The Morgan fingerprint density at radius 2 is 2.00 bits per heavy atom.